The number of urea groups is 1. The number of nitrogens with one attached hydrogen (secondary N) is 3. The van der Waals surface area contributed by atoms with E-state index in [9.17, 15) is 9.90 Å². The normalized spacial score (nSPS) is 27.4. The number of carbonyl (C=O) groups is 1. The van der Waals surface area contributed by atoms with Crippen molar-refractivity contribution in [3.05, 3.63) is 0 Å². The van der Waals surface area contributed by atoms with Gasteiger partial charge in [-0.05, 0) is 38.1 Å². The second-order valence-electron chi connectivity index (χ2n) is 6.07. The number of hydrogen-bond donors (Lipinski definition) is 4. The summed E-state index contributed by atoms with van der Waals surface area (Å²) >= 11 is 0. The van der Waals surface area contributed by atoms with E-state index in [1.165, 1.54) is 32.1 Å². The van der Waals surface area contributed by atoms with E-state index >= 15 is 0 Å². The molecule has 20 heavy (non-hydrogen) atoms. The molecule has 6 heteroatoms. The van der Waals surface area contributed by atoms with Gasteiger partial charge in [-0.2, -0.15) is 0 Å². The van der Waals surface area contributed by atoms with Crippen LogP contribution in [0.4, 0.5) is 4.79 Å². The highest BCUT2D eigenvalue weighted by Gasteiger charge is 2.29. The van der Waals surface area contributed by atoms with Gasteiger partial charge in [0, 0.05) is 19.6 Å². The molecule has 2 rings (SSSR count). The van der Waals surface area contributed by atoms with Gasteiger partial charge in [-0.3, -0.25) is 0 Å². The molecule has 5 nitrogen and oxygen atoms in total. The fourth-order valence-corrected chi connectivity index (χ4v) is 3.04. The minimum absolute atomic E-state index is 0. The summed E-state index contributed by atoms with van der Waals surface area (Å²) in [5, 5.41) is 19.1. The van der Waals surface area contributed by atoms with Crippen molar-refractivity contribution >= 4 is 18.4 Å². The lowest BCUT2D eigenvalue weighted by Crippen LogP contribution is -2.54. The van der Waals surface area contributed by atoms with E-state index in [1.807, 2.05) is 0 Å². The van der Waals surface area contributed by atoms with Crippen LogP contribution in [0.2, 0.25) is 0 Å². The lowest BCUT2D eigenvalue weighted by atomic mass is 9.89. The zero-order chi connectivity index (χ0) is 13.6. The maximum absolute atomic E-state index is 11.7. The second kappa shape index (κ2) is 8.70. The van der Waals surface area contributed by atoms with Crippen LogP contribution < -0.4 is 16.0 Å². The van der Waals surface area contributed by atoms with Crippen molar-refractivity contribution in [2.45, 2.75) is 50.5 Å². The second-order valence-corrected chi connectivity index (χ2v) is 6.07. The molecule has 0 spiro atoms. The summed E-state index contributed by atoms with van der Waals surface area (Å²) in [4.78, 5) is 11.7. The average molecular weight is 306 g/mol. The molecule has 1 atom stereocenters. The molecule has 118 valence electrons. The van der Waals surface area contributed by atoms with E-state index in [0.29, 0.717) is 19.0 Å². The number of hydrogen-bond acceptors (Lipinski definition) is 3. The minimum Gasteiger partial charge on any atom is -0.387 e. The van der Waals surface area contributed by atoms with E-state index in [2.05, 4.69) is 16.0 Å². The summed E-state index contributed by atoms with van der Waals surface area (Å²) in [7, 11) is 0. The number of aliphatic hydroxyl groups is 1. The fourth-order valence-electron chi connectivity index (χ4n) is 3.04. The van der Waals surface area contributed by atoms with Crippen LogP contribution in [-0.4, -0.2) is 42.9 Å². The van der Waals surface area contributed by atoms with E-state index in [-0.39, 0.29) is 18.4 Å². The third-order valence-electron chi connectivity index (χ3n) is 4.30. The molecular weight excluding hydrogens is 278 g/mol. The van der Waals surface area contributed by atoms with Crippen molar-refractivity contribution in [1.82, 2.24) is 16.0 Å². The summed E-state index contributed by atoms with van der Waals surface area (Å²) < 4.78 is 0. The van der Waals surface area contributed by atoms with Crippen LogP contribution in [0.1, 0.15) is 44.9 Å². The van der Waals surface area contributed by atoms with Gasteiger partial charge < -0.3 is 21.1 Å². The molecule has 1 saturated heterocycles. The Labute approximate surface area is 127 Å². The first-order chi connectivity index (χ1) is 9.18. The summed E-state index contributed by atoms with van der Waals surface area (Å²) in [6.45, 7) is 2.62. The summed E-state index contributed by atoms with van der Waals surface area (Å²) in [5.74, 6) is 0.638. The highest BCUT2D eigenvalue weighted by Crippen LogP contribution is 2.22. The summed E-state index contributed by atoms with van der Waals surface area (Å²) in [6.07, 6.45) is 8.09. The molecule has 0 aromatic carbocycles. The van der Waals surface area contributed by atoms with Crippen molar-refractivity contribution in [3.63, 3.8) is 0 Å². The first-order valence-electron chi connectivity index (χ1n) is 7.63. The fraction of sp³-hybridized carbons (Fsp3) is 0.929. The summed E-state index contributed by atoms with van der Waals surface area (Å²) in [6, 6.07) is -0.149. The Morgan fingerprint density at radius 1 is 1.20 bits per heavy atom. The molecule has 4 N–H and O–H groups in total. The molecule has 1 heterocycles. The molecule has 1 saturated carbocycles. The predicted molar refractivity (Wildman–Crippen MR) is 82.3 cm³/mol. The highest BCUT2D eigenvalue weighted by atomic mass is 35.5. The predicted octanol–water partition coefficient (Wildman–Crippen LogP) is 1.40. The van der Waals surface area contributed by atoms with Crippen LogP contribution in [0.3, 0.4) is 0 Å². The van der Waals surface area contributed by atoms with Gasteiger partial charge in [0.15, 0.2) is 0 Å². The smallest absolute Gasteiger partial charge is 0.314 e. The molecule has 2 amide bonds. The van der Waals surface area contributed by atoms with Gasteiger partial charge >= 0.3 is 6.03 Å². The maximum Gasteiger partial charge on any atom is 0.314 e. The van der Waals surface area contributed by atoms with Crippen LogP contribution in [0.5, 0.6) is 0 Å². The quantitative estimate of drug-likeness (QED) is 0.634. The Bertz CT molecular complexity index is 290. The maximum atomic E-state index is 11.7. The first-order valence-corrected chi connectivity index (χ1v) is 7.63. The lowest BCUT2D eigenvalue weighted by Gasteiger charge is -2.32. The molecule has 0 aromatic heterocycles. The SMILES string of the molecule is Cl.O=C(NCC1CCCCC1)NCC1(O)CCCNC1. The molecule has 2 aliphatic rings. The molecule has 1 aliphatic carbocycles. The van der Waals surface area contributed by atoms with E-state index in [1.54, 1.807) is 0 Å². The van der Waals surface area contributed by atoms with Crippen LogP contribution >= 0.6 is 12.4 Å². The van der Waals surface area contributed by atoms with Crippen molar-refractivity contribution in [1.29, 1.82) is 0 Å². The Kier molecular flexibility index (Phi) is 7.62. The van der Waals surface area contributed by atoms with Gasteiger partial charge in [0.25, 0.3) is 0 Å². The van der Waals surface area contributed by atoms with Crippen LogP contribution in [0.25, 0.3) is 0 Å². The Balaban J connectivity index is 0.00000200. The van der Waals surface area contributed by atoms with E-state index in [4.69, 9.17) is 0 Å². The highest BCUT2D eigenvalue weighted by molar-refractivity contribution is 5.85. The first kappa shape index (κ1) is 17.5. The van der Waals surface area contributed by atoms with Gasteiger partial charge in [0.1, 0.15) is 0 Å². The van der Waals surface area contributed by atoms with Crippen molar-refractivity contribution in [2.75, 3.05) is 26.2 Å². The average Bonchev–Trinajstić information content (AvgIpc) is 2.45. The molecule has 2 fully saturated rings. The Hall–Kier alpha value is -0.520. The number of halogens is 1. The van der Waals surface area contributed by atoms with Crippen molar-refractivity contribution in [2.24, 2.45) is 5.92 Å². The Morgan fingerprint density at radius 3 is 2.60 bits per heavy atom. The molecule has 0 bridgehead atoms. The van der Waals surface area contributed by atoms with Gasteiger partial charge in [-0.25, -0.2) is 4.79 Å². The van der Waals surface area contributed by atoms with Gasteiger partial charge in [0.2, 0.25) is 0 Å². The van der Waals surface area contributed by atoms with Crippen LogP contribution in [0.15, 0.2) is 0 Å². The molecule has 0 aromatic rings. The third kappa shape index (κ3) is 5.85. The van der Waals surface area contributed by atoms with E-state index < -0.39 is 5.60 Å². The zero-order valence-corrected chi connectivity index (χ0v) is 12.9. The van der Waals surface area contributed by atoms with Crippen LogP contribution in [0, 0.1) is 5.92 Å². The van der Waals surface area contributed by atoms with Crippen LogP contribution in [-0.2, 0) is 0 Å². The largest absolute Gasteiger partial charge is 0.387 e. The number of carbonyl (C=O) groups excluding carboxylic acids is 1. The van der Waals surface area contributed by atoms with Gasteiger partial charge in [-0.1, -0.05) is 19.3 Å². The Morgan fingerprint density at radius 2 is 1.95 bits per heavy atom. The molecule has 1 aliphatic heterocycles. The molecular formula is C14H28ClN3O2. The monoisotopic (exact) mass is 305 g/mol. The minimum atomic E-state index is -0.777. The standard InChI is InChI=1S/C14H27N3O2.ClH/c18-13(16-9-12-5-2-1-3-6-12)17-11-14(19)7-4-8-15-10-14;/h12,15,19H,1-11H2,(H2,16,17,18);1H. The van der Waals surface area contributed by atoms with Crippen molar-refractivity contribution < 1.29 is 9.90 Å². The number of amides is 2. The molecule has 1 unspecified atom stereocenters. The topological polar surface area (TPSA) is 73.4 Å². The number of β-amino-alcohol motifs (C(OH)–C–C–N with tert-alkyl or cyclic N) is 1. The number of piperidine rings is 1. The summed E-state index contributed by atoms with van der Waals surface area (Å²) in [5.41, 5.74) is -0.777. The lowest BCUT2D eigenvalue weighted by molar-refractivity contribution is 0.0194. The van der Waals surface area contributed by atoms with E-state index in [0.717, 1.165) is 25.9 Å². The number of rotatable bonds is 4. The zero-order valence-electron chi connectivity index (χ0n) is 12.1. The van der Waals surface area contributed by atoms with Gasteiger partial charge in [-0.15, -0.1) is 12.4 Å². The molecule has 0 radical (unpaired) electrons. The third-order valence-corrected chi connectivity index (χ3v) is 4.30. The van der Waals surface area contributed by atoms with Crippen molar-refractivity contribution in [3.8, 4) is 0 Å². The van der Waals surface area contributed by atoms with Gasteiger partial charge in [0.05, 0.1) is 5.60 Å².